The van der Waals surface area contributed by atoms with Crippen LogP contribution < -0.4 is 0 Å². The summed E-state index contributed by atoms with van der Waals surface area (Å²) in [5.41, 5.74) is 3.86. The van der Waals surface area contributed by atoms with Crippen molar-refractivity contribution in [3.63, 3.8) is 0 Å². The molecule has 0 unspecified atom stereocenters. The summed E-state index contributed by atoms with van der Waals surface area (Å²) in [4.78, 5) is 13.2. The number of fused-ring (bicyclic) bond motifs is 1. The van der Waals surface area contributed by atoms with E-state index in [9.17, 15) is 4.79 Å². The number of hydrogen-bond acceptors (Lipinski definition) is 5. The Balaban J connectivity index is 1.67. The smallest absolute Gasteiger partial charge is 0.140 e. The Morgan fingerprint density at radius 1 is 0.964 bits per heavy atom. The number of halogens is 2. The van der Waals surface area contributed by atoms with Gasteiger partial charge in [-0.2, -0.15) is 0 Å². The maximum atomic E-state index is 13.2. The van der Waals surface area contributed by atoms with E-state index >= 15 is 0 Å². The molecular formula is C21H22I2N2OS2. The fraction of sp³-hybridized carbons (Fsp3) is 0.381. The molecular weight excluding hydrogens is 614 g/mol. The Labute approximate surface area is 199 Å². The average molecular weight is 636 g/mol. The van der Waals surface area contributed by atoms with Gasteiger partial charge in [0.15, 0.2) is 0 Å². The van der Waals surface area contributed by atoms with Crippen LogP contribution in [0.2, 0.25) is 0 Å². The first-order valence-electron chi connectivity index (χ1n) is 9.39. The van der Waals surface area contributed by atoms with E-state index in [1.165, 1.54) is 16.7 Å². The summed E-state index contributed by atoms with van der Waals surface area (Å²) in [6.45, 7) is 2.95. The van der Waals surface area contributed by atoms with Crippen molar-refractivity contribution in [2.24, 2.45) is 5.92 Å². The average Bonchev–Trinajstić information content (AvgIpc) is 2.73. The first kappa shape index (κ1) is 21.4. The van der Waals surface area contributed by atoms with E-state index in [0.717, 1.165) is 13.0 Å². The van der Waals surface area contributed by atoms with Gasteiger partial charge in [0, 0.05) is 73.4 Å². The second kappa shape index (κ2) is 9.55. The third kappa shape index (κ3) is 4.30. The van der Waals surface area contributed by atoms with E-state index in [4.69, 9.17) is 0 Å². The fourth-order valence-electron chi connectivity index (χ4n) is 4.51. The Hall–Kier alpha value is 0.190. The zero-order valence-corrected chi connectivity index (χ0v) is 21.4. The molecule has 0 N–H and O–H groups in total. The molecule has 2 aliphatic rings. The summed E-state index contributed by atoms with van der Waals surface area (Å²) in [6.07, 6.45) is 1.59. The van der Waals surface area contributed by atoms with Crippen LogP contribution in [0.1, 0.15) is 41.6 Å². The maximum Gasteiger partial charge on any atom is 0.140 e. The molecule has 28 heavy (non-hydrogen) atoms. The number of piperidine rings is 2. The van der Waals surface area contributed by atoms with E-state index < -0.39 is 0 Å². The molecule has 0 amide bonds. The molecule has 2 fully saturated rings. The molecule has 0 aliphatic carbocycles. The molecule has 4 atom stereocenters. The highest BCUT2D eigenvalue weighted by atomic mass is 127. The van der Waals surface area contributed by atoms with Gasteiger partial charge < -0.3 is 0 Å². The van der Waals surface area contributed by atoms with Crippen molar-refractivity contribution in [1.82, 2.24) is 8.61 Å². The lowest BCUT2D eigenvalue weighted by atomic mass is 9.77. The van der Waals surface area contributed by atoms with E-state index in [-0.39, 0.29) is 18.0 Å². The third-order valence-electron chi connectivity index (χ3n) is 5.88. The van der Waals surface area contributed by atoms with Gasteiger partial charge in [-0.25, -0.2) is 8.61 Å². The molecule has 148 valence electrons. The summed E-state index contributed by atoms with van der Waals surface area (Å²) in [6, 6.07) is 20.1. The van der Waals surface area contributed by atoms with Crippen LogP contribution in [0, 0.1) is 12.8 Å². The van der Waals surface area contributed by atoms with Crippen LogP contribution >= 0.6 is 60.6 Å². The predicted molar refractivity (Wildman–Crippen MR) is 136 cm³/mol. The second-order valence-electron chi connectivity index (χ2n) is 7.53. The molecule has 3 nitrogen and oxygen atoms in total. The third-order valence-corrected chi connectivity index (χ3v) is 10.0. The molecule has 2 heterocycles. The van der Waals surface area contributed by atoms with Crippen LogP contribution in [-0.4, -0.2) is 27.0 Å². The fourth-order valence-corrected chi connectivity index (χ4v) is 8.66. The summed E-state index contributed by atoms with van der Waals surface area (Å²) >= 11 is 4.76. The summed E-state index contributed by atoms with van der Waals surface area (Å²) in [5.74, 6) is 0.505. The summed E-state index contributed by atoms with van der Waals surface area (Å²) < 4.78 is 4.91. The lowest BCUT2D eigenvalue weighted by Crippen LogP contribution is -2.55. The zero-order chi connectivity index (χ0) is 19.7. The monoisotopic (exact) mass is 636 g/mol. The van der Waals surface area contributed by atoms with Gasteiger partial charge in [0.1, 0.15) is 5.78 Å². The topological polar surface area (TPSA) is 23.6 Å². The van der Waals surface area contributed by atoms with E-state index in [0.29, 0.717) is 18.2 Å². The number of rotatable bonds is 4. The minimum Gasteiger partial charge on any atom is -0.299 e. The van der Waals surface area contributed by atoms with Crippen LogP contribution in [0.25, 0.3) is 0 Å². The first-order valence-corrected chi connectivity index (χ1v) is 16.0. The highest BCUT2D eigenvalue weighted by Crippen LogP contribution is 2.50. The number of ketones is 1. The number of benzene rings is 2. The number of hydrogen-bond donors (Lipinski definition) is 0. The lowest BCUT2D eigenvalue weighted by molar-refractivity contribution is -0.131. The molecule has 0 bridgehead atoms. The van der Waals surface area contributed by atoms with Crippen molar-refractivity contribution in [2.75, 3.05) is 6.54 Å². The van der Waals surface area contributed by atoms with Crippen molar-refractivity contribution in [3.8, 4) is 0 Å². The maximum absolute atomic E-state index is 13.2. The molecule has 0 saturated carbocycles. The second-order valence-corrected chi connectivity index (χ2v) is 11.1. The number of nitrogens with zero attached hydrogens (tertiary/aromatic N) is 2. The highest BCUT2D eigenvalue weighted by Gasteiger charge is 2.48. The Bertz CT molecular complexity index is 838. The van der Waals surface area contributed by atoms with Crippen LogP contribution in [0.15, 0.2) is 54.6 Å². The van der Waals surface area contributed by atoms with Crippen molar-refractivity contribution in [3.05, 3.63) is 71.3 Å². The molecule has 0 aromatic heterocycles. The predicted octanol–water partition coefficient (Wildman–Crippen LogP) is 6.74. The van der Waals surface area contributed by atoms with Crippen molar-refractivity contribution >= 4 is 66.4 Å². The molecule has 0 radical (unpaired) electrons. The quantitative estimate of drug-likeness (QED) is 0.274. The lowest BCUT2D eigenvalue weighted by Gasteiger charge is -2.50. The van der Waals surface area contributed by atoms with Gasteiger partial charge in [-0.05, 0) is 42.7 Å². The largest absolute Gasteiger partial charge is 0.299 e. The molecule has 2 aliphatic heterocycles. The summed E-state index contributed by atoms with van der Waals surface area (Å²) in [7, 11) is 3.51. The number of Topliss-reactive ketones (excluding diaryl/α,β-unsaturated/α-hetero) is 1. The van der Waals surface area contributed by atoms with Gasteiger partial charge in [-0.15, -0.1) is 0 Å². The Morgan fingerprint density at radius 3 is 2.39 bits per heavy atom. The van der Waals surface area contributed by atoms with Crippen molar-refractivity contribution < 1.29 is 4.79 Å². The van der Waals surface area contributed by atoms with Gasteiger partial charge in [0.25, 0.3) is 0 Å². The first-order chi connectivity index (χ1) is 13.6. The Morgan fingerprint density at radius 2 is 1.71 bits per heavy atom. The van der Waals surface area contributed by atoms with E-state index in [2.05, 4.69) is 113 Å². The van der Waals surface area contributed by atoms with Crippen molar-refractivity contribution in [2.45, 2.75) is 37.9 Å². The SMILES string of the molecule is Cc1cccc([C@@H]2CC(=O)[C@@H]3CN(SI)[C@H](c4ccccc4)C[C@@H]3N2SI)c1. The normalized spacial score (nSPS) is 28.9. The molecule has 7 heteroatoms. The number of aryl methyl sites for hydroxylation is 1. The molecule has 2 saturated heterocycles. The molecule has 2 aromatic rings. The van der Waals surface area contributed by atoms with Gasteiger partial charge in [0.05, 0.1) is 6.04 Å². The van der Waals surface area contributed by atoms with Crippen LogP contribution in [0.5, 0.6) is 0 Å². The molecule has 2 aromatic carbocycles. The van der Waals surface area contributed by atoms with Gasteiger partial charge in [-0.3, -0.25) is 4.79 Å². The summed E-state index contributed by atoms with van der Waals surface area (Å²) in [5, 5.41) is 0. The number of carbonyl (C=O) groups excluding carboxylic acids is 1. The van der Waals surface area contributed by atoms with Crippen LogP contribution in [0.4, 0.5) is 0 Å². The minimum atomic E-state index is 0.0885. The van der Waals surface area contributed by atoms with Gasteiger partial charge in [0.2, 0.25) is 0 Å². The van der Waals surface area contributed by atoms with Crippen LogP contribution in [0.3, 0.4) is 0 Å². The minimum absolute atomic E-state index is 0.0885. The van der Waals surface area contributed by atoms with Crippen molar-refractivity contribution in [1.29, 1.82) is 0 Å². The highest BCUT2D eigenvalue weighted by molar-refractivity contribution is 14.2. The van der Waals surface area contributed by atoms with E-state index in [1.54, 1.807) is 18.2 Å². The van der Waals surface area contributed by atoms with Gasteiger partial charge in [-0.1, -0.05) is 60.2 Å². The van der Waals surface area contributed by atoms with Crippen LogP contribution in [-0.2, 0) is 4.79 Å². The van der Waals surface area contributed by atoms with Gasteiger partial charge >= 0.3 is 0 Å². The standard InChI is InChI=1S/C21H22I2N2OS2/c1-14-6-5-9-16(10-14)19-12-21(26)17-13-24(27-22)18(11-20(17)25(19)28-23)15-7-3-2-4-8-15/h2-10,17-20H,11-13H2,1H3/t17-,18+,19+,20+/m1/s1. The number of carbonyl (C=O) groups is 1. The zero-order valence-electron chi connectivity index (χ0n) is 15.5. The van der Waals surface area contributed by atoms with E-state index in [1.807, 2.05) is 0 Å². The molecule has 0 spiro atoms. The molecule has 4 rings (SSSR count). The Kier molecular flexibility index (Phi) is 7.31.